The number of hydrogen-bond acceptors (Lipinski definition) is 3. The third kappa shape index (κ3) is 5.19. The van der Waals surface area contributed by atoms with Gasteiger partial charge in [-0.25, -0.2) is 0 Å². The van der Waals surface area contributed by atoms with E-state index in [1.807, 2.05) is 36.5 Å². The lowest BCUT2D eigenvalue weighted by atomic mass is 9.95. The number of nitrogens with one attached hydrogen (secondary N) is 1. The molecule has 0 radical (unpaired) electrons. The topological polar surface area (TPSA) is 27.6 Å². The Bertz CT molecular complexity index is 1630. The van der Waals surface area contributed by atoms with Crippen LogP contribution in [0.2, 0.25) is 0 Å². The van der Waals surface area contributed by atoms with Crippen molar-refractivity contribution < 1.29 is 0 Å². The van der Waals surface area contributed by atoms with Crippen LogP contribution in [0, 0.1) is 0 Å². The normalized spacial score (nSPS) is 17.3. The zero-order valence-electron chi connectivity index (χ0n) is 23.0. The van der Waals surface area contributed by atoms with Crippen LogP contribution in [0.1, 0.15) is 53.0 Å². The molecule has 3 heteroatoms. The van der Waals surface area contributed by atoms with Crippen molar-refractivity contribution in [2.45, 2.75) is 31.2 Å². The zero-order valence-corrected chi connectivity index (χ0v) is 23.0. The van der Waals surface area contributed by atoms with Crippen LogP contribution in [0.25, 0.3) is 11.6 Å². The van der Waals surface area contributed by atoms with E-state index >= 15 is 0 Å². The molecule has 2 unspecified atom stereocenters. The SMILES string of the molecule is C(=C(c1ccccc1)c1ccccc1)c1ccc(N2c3ccc(/C=N/Nc4ccccc4)cc3C3CCCC32)cc1. The van der Waals surface area contributed by atoms with Gasteiger partial charge in [-0.3, -0.25) is 5.43 Å². The van der Waals surface area contributed by atoms with E-state index < -0.39 is 0 Å². The average Bonchev–Trinajstić information content (AvgIpc) is 3.63. The summed E-state index contributed by atoms with van der Waals surface area (Å²) < 4.78 is 0. The van der Waals surface area contributed by atoms with Gasteiger partial charge in [-0.05, 0) is 88.7 Å². The second-order valence-corrected chi connectivity index (χ2v) is 10.9. The Morgan fingerprint density at radius 2 is 1.32 bits per heavy atom. The molecule has 1 N–H and O–H groups in total. The van der Waals surface area contributed by atoms with Gasteiger partial charge in [0.2, 0.25) is 0 Å². The Labute approximate surface area is 242 Å². The summed E-state index contributed by atoms with van der Waals surface area (Å²) in [6, 6.07) is 47.8. The lowest BCUT2D eigenvalue weighted by molar-refractivity contribution is 0.642. The van der Waals surface area contributed by atoms with Gasteiger partial charge in [-0.2, -0.15) is 5.10 Å². The quantitative estimate of drug-likeness (QED) is 0.129. The third-order valence-corrected chi connectivity index (χ3v) is 8.35. The molecule has 5 aromatic carbocycles. The molecule has 41 heavy (non-hydrogen) atoms. The molecule has 3 nitrogen and oxygen atoms in total. The summed E-state index contributed by atoms with van der Waals surface area (Å²) in [5.41, 5.74) is 14.2. The molecule has 1 fully saturated rings. The smallest absolute Gasteiger partial charge is 0.0561 e. The molecule has 1 aliphatic heterocycles. The van der Waals surface area contributed by atoms with Gasteiger partial charge in [0, 0.05) is 23.3 Å². The molecule has 0 bridgehead atoms. The van der Waals surface area contributed by atoms with E-state index in [4.69, 9.17) is 0 Å². The van der Waals surface area contributed by atoms with E-state index in [1.54, 1.807) is 0 Å². The summed E-state index contributed by atoms with van der Waals surface area (Å²) in [4.78, 5) is 2.58. The predicted octanol–water partition coefficient (Wildman–Crippen LogP) is 9.51. The summed E-state index contributed by atoms with van der Waals surface area (Å²) in [5, 5.41) is 4.48. The minimum absolute atomic E-state index is 0.519. The highest BCUT2D eigenvalue weighted by Gasteiger charge is 2.42. The van der Waals surface area contributed by atoms with E-state index in [0.29, 0.717) is 12.0 Å². The largest absolute Gasteiger partial charge is 0.338 e. The van der Waals surface area contributed by atoms with Gasteiger partial charge in [0.05, 0.1) is 11.9 Å². The molecule has 0 spiro atoms. The number of hydrogen-bond donors (Lipinski definition) is 1. The van der Waals surface area contributed by atoms with Crippen LogP contribution in [0.4, 0.5) is 17.1 Å². The molecular weight excluding hydrogens is 498 g/mol. The Balaban J connectivity index is 1.17. The molecule has 1 saturated carbocycles. The van der Waals surface area contributed by atoms with Crippen LogP contribution in [-0.2, 0) is 0 Å². The van der Waals surface area contributed by atoms with Crippen molar-refractivity contribution in [3.63, 3.8) is 0 Å². The highest BCUT2D eigenvalue weighted by molar-refractivity contribution is 5.91. The Hall–Kier alpha value is -4.89. The molecule has 200 valence electrons. The number of anilines is 3. The van der Waals surface area contributed by atoms with Crippen molar-refractivity contribution in [2.75, 3.05) is 10.3 Å². The van der Waals surface area contributed by atoms with Crippen molar-refractivity contribution in [3.05, 3.63) is 161 Å². The second-order valence-electron chi connectivity index (χ2n) is 10.9. The fourth-order valence-electron chi connectivity index (χ4n) is 6.45. The average molecular weight is 532 g/mol. The summed E-state index contributed by atoms with van der Waals surface area (Å²) in [6.07, 6.45) is 7.98. The maximum atomic E-state index is 4.48. The monoisotopic (exact) mass is 531 g/mol. The summed E-state index contributed by atoms with van der Waals surface area (Å²) in [6.45, 7) is 0. The summed E-state index contributed by atoms with van der Waals surface area (Å²) in [7, 11) is 0. The molecule has 2 aliphatic rings. The molecule has 1 aliphatic carbocycles. The Morgan fingerprint density at radius 1 is 0.683 bits per heavy atom. The van der Waals surface area contributed by atoms with Crippen molar-refractivity contribution in [1.29, 1.82) is 0 Å². The molecule has 7 rings (SSSR count). The summed E-state index contributed by atoms with van der Waals surface area (Å²) in [5.74, 6) is 0.572. The lowest BCUT2D eigenvalue weighted by Crippen LogP contribution is -2.26. The first kappa shape index (κ1) is 25.1. The van der Waals surface area contributed by atoms with Crippen molar-refractivity contribution in [3.8, 4) is 0 Å². The highest BCUT2D eigenvalue weighted by atomic mass is 15.3. The molecule has 2 atom stereocenters. The van der Waals surface area contributed by atoms with Gasteiger partial charge in [0.25, 0.3) is 0 Å². The van der Waals surface area contributed by atoms with Gasteiger partial charge >= 0.3 is 0 Å². The number of para-hydroxylation sites is 1. The Morgan fingerprint density at radius 3 is 2.00 bits per heavy atom. The van der Waals surface area contributed by atoms with Gasteiger partial charge in [0.15, 0.2) is 0 Å². The minimum atomic E-state index is 0.519. The number of hydrazone groups is 1. The van der Waals surface area contributed by atoms with Gasteiger partial charge in [-0.1, -0.05) is 103 Å². The van der Waals surface area contributed by atoms with E-state index in [-0.39, 0.29) is 0 Å². The van der Waals surface area contributed by atoms with Crippen LogP contribution >= 0.6 is 0 Å². The maximum Gasteiger partial charge on any atom is 0.0561 e. The van der Waals surface area contributed by atoms with Crippen molar-refractivity contribution in [2.24, 2.45) is 5.10 Å². The zero-order chi connectivity index (χ0) is 27.4. The number of rotatable bonds is 7. The predicted molar refractivity (Wildman–Crippen MR) is 173 cm³/mol. The molecule has 0 aromatic heterocycles. The number of benzene rings is 5. The van der Waals surface area contributed by atoms with Crippen molar-refractivity contribution in [1.82, 2.24) is 0 Å². The van der Waals surface area contributed by atoms with Gasteiger partial charge < -0.3 is 4.90 Å². The van der Waals surface area contributed by atoms with Crippen molar-refractivity contribution >= 4 is 34.9 Å². The van der Waals surface area contributed by atoms with Crippen LogP contribution in [0.3, 0.4) is 0 Å². The maximum absolute atomic E-state index is 4.48. The van der Waals surface area contributed by atoms with E-state index in [0.717, 1.165) is 11.3 Å². The van der Waals surface area contributed by atoms with E-state index in [9.17, 15) is 0 Å². The number of fused-ring (bicyclic) bond motifs is 3. The molecule has 1 heterocycles. The van der Waals surface area contributed by atoms with Crippen LogP contribution in [-0.4, -0.2) is 12.3 Å². The fraction of sp³-hybridized carbons (Fsp3) is 0.132. The first-order chi connectivity index (χ1) is 20.3. The lowest BCUT2D eigenvalue weighted by Gasteiger charge is -2.27. The van der Waals surface area contributed by atoms with Gasteiger partial charge in [0.1, 0.15) is 0 Å². The fourth-order valence-corrected chi connectivity index (χ4v) is 6.45. The summed E-state index contributed by atoms with van der Waals surface area (Å²) >= 11 is 0. The Kier molecular flexibility index (Phi) is 6.92. The van der Waals surface area contributed by atoms with Gasteiger partial charge in [-0.15, -0.1) is 0 Å². The minimum Gasteiger partial charge on any atom is -0.338 e. The van der Waals surface area contributed by atoms with Crippen LogP contribution < -0.4 is 10.3 Å². The van der Waals surface area contributed by atoms with E-state index in [1.165, 1.54) is 58.5 Å². The van der Waals surface area contributed by atoms with E-state index in [2.05, 4.69) is 125 Å². The number of nitrogens with zero attached hydrogens (tertiary/aromatic N) is 2. The molecular formula is C38H33N3. The van der Waals surface area contributed by atoms with Crippen LogP contribution in [0.15, 0.2) is 139 Å². The van der Waals surface area contributed by atoms with Crippen LogP contribution in [0.5, 0.6) is 0 Å². The first-order valence-electron chi connectivity index (χ1n) is 14.5. The standard InChI is InChI=1S/C38H33N3/c1-4-11-30(12-5-1)35(31-13-6-2-7-14-31)25-28-19-22-33(23-20-28)41-37-18-10-17-34(37)36-26-29(21-24-38(36)41)27-39-40-32-15-8-3-9-16-32/h1-9,11-16,19-27,34,37,40H,10,17-18H2/b39-27+. The molecule has 0 amide bonds. The molecule has 0 saturated heterocycles. The second kappa shape index (κ2) is 11.3. The third-order valence-electron chi connectivity index (χ3n) is 8.35. The highest BCUT2D eigenvalue weighted by Crippen LogP contribution is 2.52. The first-order valence-corrected chi connectivity index (χ1v) is 14.5. The molecule has 5 aromatic rings.